The normalized spacial score (nSPS) is 13.8. The predicted octanol–water partition coefficient (Wildman–Crippen LogP) is -1.07. The van der Waals surface area contributed by atoms with E-state index >= 15 is 0 Å². The second-order valence-corrected chi connectivity index (χ2v) is 4.43. The molecule has 0 spiro atoms. The van der Waals surface area contributed by atoms with E-state index in [0.29, 0.717) is 0 Å². The summed E-state index contributed by atoms with van der Waals surface area (Å²) in [5.74, 6) is 0. The monoisotopic (exact) mass is 229 g/mol. The van der Waals surface area contributed by atoms with Gasteiger partial charge in [-0.1, -0.05) is 18.2 Å². The third kappa shape index (κ3) is 0.894. The van der Waals surface area contributed by atoms with Crippen molar-refractivity contribution in [1.29, 1.82) is 0 Å². The number of hydrogen-bond acceptors (Lipinski definition) is 0. The molecule has 0 nitrogen and oxygen atoms in total. The Kier molecular flexibility index (Phi) is 1.30. The maximum atomic E-state index is 2.31. The molecule has 0 saturated heterocycles. The van der Waals surface area contributed by atoms with E-state index in [1.165, 1.54) is 5.56 Å². The quantitative estimate of drug-likeness (QED) is 0.497. The first-order chi connectivity index (χ1) is 4.47. The lowest BCUT2D eigenvalue weighted by Crippen LogP contribution is -3.58. The van der Waals surface area contributed by atoms with Crippen LogP contribution >= 0.6 is 0 Å². The molecule has 1 aliphatic rings. The molecule has 0 N–H and O–H groups in total. The first-order valence-electron chi connectivity index (χ1n) is 2.86. The van der Waals surface area contributed by atoms with Gasteiger partial charge >= 0.3 is 21.2 Å². The Bertz CT molecular complexity index is 250. The van der Waals surface area contributed by atoms with Crippen molar-refractivity contribution in [2.24, 2.45) is 0 Å². The van der Waals surface area contributed by atoms with Crippen LogP contribution in [-0.4, -0.2) is 0 Å². The highest BCUT2D eigenvalue weighted by Crippen LogP contribution is 2.01. The van der Waals surface area contributed by atoms with Gasteiger partial charge in [-0.05, 0) is 12.1 Å². The van der Waals surface area contributed by atoms with Crippen LogP contribution in [0.1, 0.15) is 5.56 Å². The number of halogens is 1. The van der Waals surface area contributed by atoms with Crippen molar-refractivity contribution < 1.29 is 21.2 Å². The van der Waals surface area contributed by atoms with Crippen LogP contribution < -0.4 is 21.2 Å². The van der Waals surface area contributed by atoms with Gasteiger partial charge in [0.15, 0.2) is 4.08 Å². The molecule has 0 saturated carbocycles. The molecule has 0 fully saturated rings. The minimum Gasteiger partial charge on any atom is -0.0613 e. The van der Waals surface area contributed by atoms with Gasteiger partial charge in [-0.3, -0.25) is 0 Å². The Morgan fingerprint density at radius 3 is 2.89 bits per heavy atom. The lowest BCUT2D eigenvalue weighted by atomic mass is 10.2. The Hall–Kier alpha value is -0.310. The molecule has 2 rings (SSSR count). The molecule has 1 aromatic rings. The Labute approximate surface area is 64.9 Å². The highest BCUT2D eigenvalue weighted by Gasteiger charge is 2.17. The smallest absolute Gasteiger partial charge is 0.0613 e. The average molecular weight is 229 g/mol. The van der Waals surface area contributed by atoms with Crippen LogP contribution in [0, 0.1) is 3.57 Å². The molecule has 0 aromatic heterocycles. The number of hydrogen-bond donors (Lipinski definition) is 0. The summed E-state index contributed by atoms with van der Waals surface area (Å²) in [6, 6.07) is 8.62. The molecular formula is C8H6I+. The van der Waals surface area contributed by atoms with E-state index in [1.54, 1.807) is 3.57 Å². The fourth-order valence-corrected chi connectivity index (χ4v) is 2.97. The zero-order chi connectivity index (χ0) is 6.10. The molecule has 0 aliphatic carbocycles. The van der Waals surface area contributed by atoms with Gasteiger partial charge in [-0.15, -0.1) is 0 Å². The van der Waals surface area contributed by atoms with Crippen LogP contribution in [0.25, 0.3) is 6.08 Å². The van der Waals surface area contributed by atoms with Crippen LogP contribution in [0.5, 0.6) is 0 Å². The Morgan fingerprint density at radius 1 is 1.11 bits per heavy atom. The highest BCUT2D eigenvalue weighted by atomic mass is 127. The van der Waals surface area contributed by atoms with Crippen molar-refractivity contribution >= 4 is 6.08 Å². The van der Waals surface area contributed by atoms with Crippen LogP contribution in [0.15, 0.2) is 28.3 Å². The summed E-state index contributed by atoms with van der Waals surface area (Å²) in [6.07, 6.45) is 2.22. The third-order valence-electron chi connectivity index (χ3n) is 1.33. The molecule has 9 heavy (non-hydrogen) atoms. The van der Waals surface area contributed by atoms with Gasteiger partial charge in [0.05, 0.1) is 0 Å². The summed E-state index contributed by atoms with van der Waals surface area (Å²) in [6.45, 7) is 0. The highest BCUT2D eigenvalue weighted by molar-refractivity contribution is 5.49. The fraction of sp³-hybridized carbons (Fsp3) is 0. The minimum absolute atomic E-state index is 0.242. The van der Waals surface area contributed by atoms with E-state index < -0.39 is 0 Å². The molecule has 0 radical (unpaired) electrons. The zero-order valence-corrected chi connectivity index (χ0v) is 7.00. The first kappa shape index (κ1) is 5.47. The van der Waals surface area contributed by atoms with E-state index in [2.05, 4.69) is 34.4 Å². The van der Waals surface area contributed by atoms with Gasteiger partial charge < -0.3 is 0 Å². The molecule has 0 amide bonds. The third-order valence-corrected chi connectivity index (χ3v) is 3.70. The number of rotatable bonds is 0. The molecule has 1 heteroatoms. The van der Waals surface area contributed by atoms with Gasteiger partial charge in [0.25, 0.3) is 0 Å². The van der Waals surface area contributed by atoms with Crippen molar-refractivity contribution in [2.75, 3.05) is 0 Å². The topological polar surface area (TPSA) is 0 Å². The van der Waals surface area contributed by atoms with Gasteiger partial charge in [0.2, 0.25) is 3.57 Å². The number of benzene rings is 1. The standard InChI is InChI=1S/C8H6I/c1-2-4-8-7(3-1)5-6-9-8/h1-6H/q+1. The second kappa shape index (κ2) is 2.14. The predicted molar refractivity (Wildman–Crippen MR) is 34.2 cm³/mol. The number of fused-ring (bicyclic) bond motifs is 1. The summed E-state index contributed by atoms with van der Waals surface area (Å²) in [7, 11) is 0. The summed E-state index contributed by atoms with van der Waals surface area (Å²) < 4.78 is 3.88. The van der Waals surface area contributed by atoms with Crippen LogP contribution in [0.2, 0.25) is 0 Å². The van der Waals surface area contributed by atoms with Gasteiger partial charge in [0.1, 0.15) is 0 Å². The van der Waals surface area contributed by atoms with Crippen molar-refractivity contribution in [3.05, 3.63) is 37.5 Å². The second-order valence-electron chi connectivity index (χ2n) is 1.92. The van der Waals surface area contributed by atoms with Crippen molar-refractivity contribution in [3.8, 4) is 0 Å². The van der Waals surface area contributed by atoms with Crippen LogP contribution in [0.3, 0.4) is 0 Å². The zero-order valence-electron chi connectivity index (χ0n) is 4.84. The lowest BCUT2D eigenvalue weighted by molar-refractivity contribution is -0.551. The molecule has 1 aromatic carbocycles. The van der Waals surface area contributed by atoms with Gasteiger partial charge in [-0.25, -0.2) is 0 Å². The van der Waals surface area contributed by atoms with E-state index in [1.807, 2.05) is 0 Å². The van der Waals surface area contributed by atoms with E-state index in [9.17, 15) is 0 Å². The molecule has 1 aliphatic heterocycles. The molecule has 0 unspecified atom stereocenters. The van der Waals surface area contributed by atoms with Crippen molar-refractivity contribution in [3.63, 3.8) is 0 Å². The maximum absolute atomic E-state index is 2.31. The van der Waals surface area contributed by atoms with Gasteiger partial charge in [0, 0.05) is 5.56 Å². The van der Waals surface area contributed by atoms with E-state index in [4.69, 9.17) is 0 Å². The summed E-state index contributed by atoms with van der Waals surface area (Å²) in [4.78, 5) is 0. The van der Waals surface area contributed by atoms with Crippen LogP contribution in [-0.2, 0) is 0 Å². The Morgan fingerprint density at radius 2 is 2.00 bits per heavy atom. The van der Waals surface area contributed by atoms with E-state index in [-0.39, 0.29) is 21.2 Å². The van der Waals surface area contributed by atoms with Crippen molar-refractivity contribution in [1.82, 2.24) is 0 Å². The summed E-state index contributed by atoms with van der Waals surface area (Å²) in [5, 5.41) is 0. The molecule has 0 bridgehead atoms. The van der Waals surface area contributed by atoms with Crippen molar-refractivity contribution in [2.45, 2.75) is 0 Å². The molecule has 1 heterocycles. The average Bonchev–Trinajstić information content (AvgIpc) is 2.33. The SMILES string of the molecule is C1=Cc2ccccc2[I+]1. The minimum atomic E-state index is 0.242. The maximum Gasteiger partial charge on any atom is 0.350 e. The summed E-state index contributed by atoms with van der Waals surface area (Å²) in [5.41, 5.74) is 1.44. The Balaban J connectivity index is 2.63. The van der Waals surface area contributed by atoms with Crippen LogP contribution in [0.4, 0.5) is 0 Å². The molecule has 44 valence electrons. The summed E-state index contributed by atoms with van der Waals surface area (Å²) >= 11 is 0.242. The molecular weight excluding hydrogens is 223 g/mol. The first-order valence-corrected chi connectivity index (χ1v) is 5.18. The van der Waals surface area contributed by atoms with Gasteiger partial charge in [-0.2, -0.15) is 0 Å². The molecule has 0 atom stereocenters. The lowest BCUT2D eigenvalue weighted by Gasteiger charge is -1.82. The largest absolute Gasteiger partial charge is 0.350 e. The van der Waals surface area contributed by atoms with E-state index in [0.717, 1.165) is 0 Å². The fourth-order valence-electron chi connectivity index (χ4n) is 0.877.